The second-order valence-electron chi connectivity index (χ2n) is 9.77. The van der Waals surface area contributed by atoms with Crippen LogP contribution in [-0.2, 0) is 5.41 Å². The number of ether oxygens (including phenoxy) is 2. The van der Waals surface area contributed by atoms with Crippen molar-refractivity contribution >= 4 is 21.3 Å². The molecule has 2 aromatic rings. The summed E-state index contributed by atoms with van der Waals surface area (Å²) in [5.74, 6) is 2.02. The van der Waals surface area contributed by atoms with E-state index in [2.05, 4.69) is 81.7 Å². The lowest BCUT2D eigenvalue weighted by molar-refractivity contribution is 0.302. The second kappa shape index (κ2) is 6.57. The Kier molecular flexibility index (Phi) is 4.86. The lowest BCUT2D eigenvalue weighted by atomic mass is 9.77. The molecular weight excluding hydrogens is 352 g/mol. The molecule has 0 N–H and O–H groups in total. The Balaban J connectivity index is 2.29. The van der Waals surface area contributed by atoms with Gasteiger partial charge >= 0.3 is 0 Å². The van der Waals surface area contributed by atoms with Gasteiger partial charge in [-0.3, -0.25) is 0 Å². The molecule has 1 aliphatic heterocycles. The molecule has 0 spiro atoms. The van der Waals surface area contributed by atoms with Crippen LogP contribution in [0.4, 0.5) is 0 Å². The molecule has 0 radical (unpaired) electrons. The van der Waals surface area contributed by atoms with Gasteiger partial charge in [0.05, 0.1) is 20.6 Å². The van der Waals surface area contributed by atoms with Crippen molar-refractivity contribution in [3.05, 3.63) is 53.6 Å². The first-order valence-corrected chi connectivity index (χ1v) is 16.7. The van der Waals surface area contributed by atoms with Crippen molar-refractivity contribution in [1.82, 2.24) is 0 Å². The minimum atomic E-state index is -1.56. The summed E-state index contributed by atoms with van der Waals surface area (Å²) in [6, 6.07) is 16.6. The molecule has 2 nitrogen and oxygen atoms in total. The lowest BCUT2D eigenvalue weighted by Crippen LogP contribution is -2.48. The van der Waals surface area contributed by atoms with Gasteiger partial charge in [-0.15, -0.1) is 0 Å². The van der Waals surface area contributed by atoms with Gasteiger partial charge in [0.1, 0.15) is 18.1 Å². The zero-order chi connectivity index (χ0) is 19.2. The van der Waals surface area contributed by atoms with E-state index in [1.165, 1.54) is 22.4 Å². The van der Waals surface area contributed by atoms with E-state index in [0.717, 1.165) is 18.1 Å². The third kappa shape index (κ3) is 3.49. The van der Waals surface area contributed by atoms with Gasteiger partial charge in [-0.05, 0) is 29.8 Å². The number of hydrogen-bond donors (Lipinski definition) is 0. The van der Waals surface area contributed by atoms with Gasteiger partial charge < -0.3 is 9.47 Å². The first kappa shape index (κ1) is 19.2. The molecule has 0 bridgehead atoms. The number of benzene rings is 2. The maximum absolute atomic E-state index is 6.25. The summed E-state index contributed by atoms with van der Waals surface area (Å²) in [7, 11) is -1.14. The van der Waals surface area contributed by atoms with E-state index in [4.69, 9.17) is 9.47 Å². The number of rotatable bonds is 5. The van der Waals surface area contributed by atoms with Crippen LogP contribution in [0.25, 0.3) is 0 Å². The van der Waals surface area contributed by atoms with Crippen LogP contribution in [0, 0.1) is 0 Å². The Morgan fingerprint density at radius 2 is 1.65 bits per heavy atom. The van der Waals surface area contributed by atoms with Gasteiger partial charge in [0.2, 0.25) is 0 Å². The zero-order valence-electron chi connectivity index (χ0n) is 17.3. The van der Waals surface area contributed by atoms with E-state index < -0.39 is 16.1 Å². The number of hydrogen-bond acceptors (Lipinski definition) is 2. The predicted molar refractivity (Wildman–Crippen MR) is 117 cm³/mol. The molecule has 1 heterocycles. The van der Waals surface area contributed by atoms with Crippen molar-refractivity contribution in [2.24, 2.45) is 0 Å². The van der Waals surface area contributed by atoms with Crippen LogP contribution >= 0.6 is 0 Å². The van der Waals surface area contributed by atoms with Crippen molar-refractivity contribution in [2.75, 3.05) is 13.7 Å². The van der Waals surface area contributed by atoms with Gasteiger partial charge in [-0.2, -0.15) is 0 Å². The van der Waals surface area contributed by atoms with Crippen LogP contribution in [0.2, 0.25) is 45.3 Å². The summed E-state index contributed by atoms with van der Waals surface area (Å²) in [5, 5.41) is 1.50. The number of methoxy groups -OCH3 is 1. The van der Waals surface area contributed by atoms with Gasteiger partial charge in [0.15, 0.2) is 0 Å². The highest BCUT2D eigenvalue weighted by Crippen LogP contribution is 2.48. The minimum Gasteiger partial charge on any atom is -0.497 e. The largest absolute Gasteiger partial charge is 0.497 e. The third-order valence-corrected chi connectivity index (χ3v) is 8.95. The summed E-state index contributed by atoms with van der Waals surface area (Å²) in [6.07, 6.45) is 0. The molecule has 0 fully saturated rings. The third-order valence-electron chi connectivity index (χ3n) is 5.26. The fraction of sp³-hybridized carbons (Fsp3) is 0.455. The zero-order valence-corrected chi connectivity index (χ0v) is 19.3. The quantitative estimate of drug-likeness (QED) is 0.655. The van der Waals surface area contributed by atoms with Gasteiger partial charge in [0.25, 0.3) is 0 Å². The van der Waals surface area contributed by atoms with Crippen LogP contribution < -0.4 is 14.7 Å². The Bertz CT molecular complexity index is 803. The molecule has 0 aromatic heterocycles. The fourth-order valence-corrected chi connectivity index (χ4v) is 8.32. The average molecular weight is 385 g/mol. The molecule has 140 valence electrons. The summed E-state index contributed by atoms with van der Waals surface area (Å²) >= 11 is 0. The first-order chi connectivity index (χ1) is 12.1. The fourth-order valence-electron chi connectivity index (χ4n) is 4.32. The molecule has 0 saturated heterocycles. The van der Waals surface area contributed by atoms with E-state index in [1.54, 1.807) is 7.11 Å². The summed E-state index contributed by atoms with van der Waals surface area (Å²) in [6.45, 7) is 15.4. The standard InChI is InChI=1S/C22H32O2Si2/c1-23-17-12-13-19(21(14-17)26(5,6)7)22(16-25(2,3)4)15-24-20-11-9-8-10-18(20)22/h8-14H,15-16H2,1-7H3. The highest BCUT2D eigenvalue weighted by Gasteiger charge is 2.47. The Morgan fingerprint density at radius 3 is 2.27 bits per heavy atom. The van der Waals surface area contributed by atoms with Crippen LogP contribution in [0.1, 0.15) is 11.1 Å². The van der Waals surface area contributed by atoms with E-state index in [0.29, 0.717) is 0 Å². The molecule has 2 aromatic carbocycles. The summed E-state index contributed by atoms with van der Waals surface area (Å²) in [5.41, 5.74) is 2.79. The maximum atomic E-state index is 6.25. The molecule has 1 unspecified atom stereocenters. The lowest BCUT2D eigenvalue weighted by Gasteiger charge is -2.38. The van der Waals surface area contributed by atoms with Crippen molar-refractivity contribution < 1.29 is 9.47 Å². The highest BCUT2D eigenvalue weighted by molar-refractivity contribution is 6.89. The van der Waals surface area contributed by atoms with Crippen molar-refractivity contribution in [2.45, 2.75) is 50.7 Å². The number of para-hydroxylation sites is 1. The van der Waals surface area contributed by atoms with Gasteiger partial charge in [-0.25, -0.2) is 0 Å². The second-order valence-corrected chi connectivity index (χ2v) is 20.3. The van der Waals surface area contributed by atoms with E-state index >= 15 is 0 Å². The van der Waals surface area contributed by atoms with Crippen LogP contribution in [0.5, 0.6) is 11.5 Å². The summed E-state index contributed by atoms with van der Waals surface area (Å²) < 4.78 is 11.8. The highest BCUT2D eigenvalue weighted by atomic mass is 28.3. The smallest absolute Gasteiger partial charge is 0.123 e. The van der Waals surface area contributed by atoms with E-state index in [9.17, 15) is 0 Å². The van der Waals surface area contributed by atoms with E-state index in [1.807, 2.05) is 0 Å². The minimum absolute atomic E-state index is 0.0387. The molecule has 26 heavy (non-hydrogen) atoms. The Labute approximate surface area is 160 Å². The van der Waals surface area contributed by atoms with Crippen molar-refractivity contribution in [3.8, 4) is 11.5 Å². The molecule has 0 aliphatic carbocycles. The van der Waals surface area contributed by atoms with Gasteiger partial charge in [-0.1, -0.05) is 68.7 Å². The van der Waals surface area contributed by atoms with Crippen molar-refractivity contribution in [3.63, 3.8) is 0 Å². The maximum Gasteiger partial charge on any atom is 0.123 e. The molecule has 0 amide bonds. The Morgan fingerprint density at radius 1 is 0.962 bits per heavy atom. The van der Waals surface area contributed by atoms with Crippen molar-refractivity contribution in [1.29, 1.82) is 0 Å². The monoisotopic (exact) mass is 384 g/mol. The van der Waals surface area contributed by atoms with Crippen LogP contribution in [0.15, 0.2) is 42.5 Å². The molecule has 1 atom stereocenters. The Hall–Kier alpha value is -1.53. The van der Waals surface area contributed by atoms with E-state index in [-0.39, 0.29) is 5.41 Å². The SMILES string of the molecule is COc1ccc(C2(C[Si](C)(C)C)COc3ccccc32)c([Si](C)(C)C)c1. The van der Waals surface area contributed by atoms with Crippen LogP contribution in [-0.4, -0.2) is 29.9 Å². The number of fused-ring (bicyclic) bond motifs is 1. The molecule has 0 saturated carbocycles. The average Bonchev–Trinajstić information content (AvgIpc) is 2.92. The molecule has 3 rings (SSSR count). The predicted octanol–water partition coefficient (Wildman–Crippen LogP) is 5.26. The first-order valence-electron chi connectivity index (χ1n) is 9.48. The normalized spacial score (nSPS) is 19.8. The van der Waals surface area contributed by atoms with Crippen LogP contribution in [0.3, 0.4) is 0 Å². The molecule has 1 aliphatic rings. The van der Waals surface area contributed by atoms with Gasteiger partial charge in [0, 0.05) is 13.6 Å². The topological polar surface area (TPSA) is 18.5 Å². The molecular formula is C22H32O2Si2. The summed E-state index contributed by atoms with van der Waals surface area (Å²) in [4.78, 5) is 0. The molecule has 4 heteroatoms.